The first-order valence-corrected chi connectivity index (χ1v) is 8.43. The Balaban J connectivity index is 1.92. The lowest BCUT2D eigenvalue weighted by Crippen LogP contribution is -2.06. The van der Waals surface area contributed by atoms with E-state index in [2.05, 4.69) is 6.07 Å². The number of hydrogen-bond donors (Lipinski definition) is 2. The van der Waals surface area contributed by atoms with Gasteiger partial charge in [0.25, 0.3) is 0 Å². The van der Waals surface area contributed by atoms with Crippen molar-refractivity contribution in [1.82, 2.24) is 0 Å². The van der Waals surface area contributed by atoms with Crippen LogP contribution in [-0.4, -0.2) is 10.2 Å². The first-order valence-electron chi connectivity index (χ1n) is 8.43. The Morgan fingerprint density at radius 2 is 1.27 bits per heavy atom. The molecule has 2 N–H and O–H groups in total. The molecule has 0 saturated heterocycles. The van der Waals surface area contributed by atoms with Crippen LogP contribution in [-0.2, 0) is 25.7 Å². The Bertz CT molecular complexity index is 731. The minimum Gasteiger partial charge on any atom is -0.507 e. The predicted molar refractivity (Wildman–Crippen MR) is 88.5 cm³/mol. The van der Waals surface area contributed by atoms with Crippen LogP contribution in [0.25, 0.3) is 11.1 Å². The van der Waals surface area contributed by atoms with Gasteiger partial charge in [0.15, 0.2) is 0 Å². The molecule has 2 aliphatic carbocycles. The molecule has 2 heteroatoms. The van der Waals surface area contributed by atoms with Crippen LogP contribution in [0.5, 0.6) is 11.5 Å². The second kappa shape index (κ2) is 5.35. The number of fused-ring (bicyclic) bond motifs is 2. The van der Waals surface area contributed by atoms with Gasteiger partial charge in [-0.1, -0.05) is 6.07 Å². The molecule has 2 aliphatic rings. The summed E-state index contributed by atoms with van der Waals surface area (Å²) in [6.07, 6.45) is 9.01. The zero-order valence-electron chi connectivity index (χ0n) is 12.9. The molecular weight excluding hydrogens is 272 g/mol. The standard InChI is InChI=1S/C20H22O2/c21-18-10-9-13-5-3-4-8-16(13)20(18)17-11-14-6-1-2-7-15(14)12-19(17)22/h9-12,21-22H,1-8H2. The quantitative estimate of drug-likeness (QED) is 0.811. The van der Waals surface area contributed by atoms with Gasteiger partial charge >= 0.3 is 0 Å². The van der Waals surface area contributed by atoms with Gasteiger partial charge in [0.2, 0.25) is 0 Å². The zero-order chi connectivity index (χ0) is 15.1. The molecule has 0 heterocycles. The molecule has 2 aromatic carbocycles. The van der Waals surface area contributed by atoms with Crippen LogP contribution >= 0.6 is 0 Å². The van der Waals surface area contributed by atoms with Gasteiger partial charge in [0, 0.05) is 11.1 Å². The number of hydrogen-bond acceptors (Lipinski definition) is 2. The van der Waals surface area contributed by atoms with Gasteiger partial charge in [-0.15, -0.1) is 0 Å². The average molecular weight is 294 g/mol. The third-order valence-corrected chi connectivity index (χ3v) is 5.24. The fraction of sp³-hybridized carbons (Fsp3) is 0.400. The van der Waals surface area contributed by atoms with Gasteiger partial charge in [0.05, 0.1) is 0 Å². The molecule has 0 aliphatic heterocycles. The van der Waals surface area contributed by atoms with Crippen LogP contribution in [0, 0.1) is 0 Å². The van der Waals surface area contributed by atoms with Crippen LogP contribution < -0.4 is 0 Å². The second-order valence-electron chi connectivity index (χ2n) is 6.65. The molecule has 0 fully saturated rings. The van der Waals surface area contributed by atoms with Crippen molar-refractivity contribution in [1.29, 1.82) is 0 Å². The Kier molecular flexibility index (Phi) is 3.33. The first kappa shape index (κ1) is 13.7. The molecule has 2 nitrogen and oxygen atoms in total. The highest BCUT2D eigenvalue weighted by molar-refractivity contribution is 5.80. The smallest absolute Gasteiger partial charge is 0.123 e. The van der Waals surface area contributed by atoms with E-state index in [1.807, 2.05) is 12.1 Å². The lowest BCUT2D eigenvalue weighted by atomic mass is 9.83. The van der Waals surface area contributed by atoms with E-state index < -0.39 is 0 Å². The fourth-order valence-corrected chi connectivity index (χ4v) is 4.09. The molecule has 0 saturated carbocycles. The monoisotopic (exact) mass is 294 g/mol. The Morgan fingerprint density at radius 1 is 0.636 bits per heavy atom. The molecule has 0 unspecified atom stereocenters. The lowest BCUT2D eigenvalue weighted by Gasteiger charge is -2.23. The van der Waals surface area contributed by atoms with E-state index in [1.165, 1.54) is 41.5 Å². The molecule has 2 aromatic rings. The number of aryl methyl sites for hydroxylation is 3. The average Bonchev–Trinajstić information content (AvgIpc) is 2.54. The van der Waals surface area contributed by atoms with Crippen molar-refractivity contribution in [3.05, 3.63) is 46.5 Å². The minimum absolute atomic E-state index is 0.298. The van der Waals surface area contributed by atoms with E-state index in [0.717, 1.165) is 43.2 Å². The highest BCUT2D eigenvalue weighted by Gasteiger charge is 2.21. The van der Waals surface area contributed by atoms with E-state index in [9.17, 15) is 10.2 Å². The molecule has 114 valence electrons. The highest BCUT2D eigenvalue weighted by Crippen LogP contribution is 2.43. The van der Waals surface area contributed by atoms with E-state index in [1.54, 1.807) is 6.07 Å². The summed E-state index contributed by atoms with van der Waals surface area (Å²) in [6, 6.07) is 7.88. The Morgan fingerprint density at radius 3 is 2.05 bits per heavy atom. The summed E-state index contributed by atoms with van der Waals surface area (Å²) in [4.78, 5) is 0. The maximum absolute atomic E-state index is 10.5. The number of phenols is 2. The largest absolute Gasteiger partial charge is 0.507 e. The van der Waals surface area contributed by atoms with Gasteiger partial charge < -0.3 is 10.2 Å². The van der Waals surface area contributed by atoms with E-state index in [4.69, 9.17) is 0 Å². The van der Waals surface area contributed by atoms with E-state index in [-0.39, 0.29) is 0 Å². The molecule has 0 spiro atoms. The molecule has 0 amide bonds. The summed E-state index contributed by atoms with van der Waals surface area (Å²) in [5, 5.41) is 21.0. The van der Waals surface area contributed by atoms with Crippen molar-refractivity contribution < 1.29 is 10.2 Å². The number of benzene rings is 2. The van der Waals surface area contributed by atoms with E-state index >= 15 is 0 Å². The van der Waals surface area contributed by atoms with Crippen LogP contribution in [0.4, 0.5) is 0 Å². The van der Waals surface area contributed by atoms with Crippen molar-refractivity contribution in [3.8, 4) is 22.6 Å². The number of rotatable bonds is 1. The highest BCUT2D eigenvalue weighted by atomic mass is 16.3. The number of phenolic OH excluding ortho intramolecular Hbond substituents is 2. The van der Waals surface area contributed by atoms with Gasteiger partial charge in [-0.05, 0) is 91.8 Å². The van der Waals surface area contributed by atoms with Gasteiger partial charge in [-0.25, -0.2) is 0 Å². The molecule has 22 heavy (non-hydrogen) atoms. The van der Waals surface area contributed by atoms with E-state index in [0.29, 0.717) is 11.5 Å². The van der Waals surface area contributed by atoms with Crippen molar-refractivity contribution >= 4 is 0 Å². The summed E-state index contributed by atoms with van der Waals surface area (Å²) in [5.41, 5.74) is 6.86. The van der Waals surface area contributed by atoms with Crippen molar-refractivity contribution in [3.63, 3.8) is 0 Å². The number of aromatic hydroxyl groups is 2. The second-order valence-corrected chi connectivity index (χ2v) is 6.65. The van der Waals surface area contributed by atoms with Crippen LogP contribution in [0.3, 0.4) is 0 Å². The van der Waals surface area contributed by atoms with Crippen molar-refractivity contribution in [2.75, 3.05) is 0 Å². The molecule has 4 rings (SSSR count). The first-order chi connectivity index (χ1) is 10.7. The maximum Gasteiger partial charge on any atom is 0.123 e. The molecule has 0 radical (unpaired) electrons. The molecule has 0 atom stereocenters. The van der Waals surface area contributed by atoms with Crippen LogP contribution in [0.1, 0.15) is 47.9 Å². The molecular formula is C20H22O2. The normalized spacial score (nSPS) is 16.9. The Hall–Kier alpha value is -1.96. The summed E-state index contributed by atoms with van der Waals surface area (Å²) in [6.45, 7) is 0. The summed E-state index contributed by atoms with van der Waals surface area (Å²) in [5.74, 6) is 0.613. The third kappa shape index (κ3) is 2.18. The van der Waals surface area contributed by atoms with Crippen LogP contribution in [0.15, 0.2) is 24.3 Å². The Labute approximate surface area is 131 Å². The predicted octanol–water partition coefficient (Wildman–Crippen LogP) is 4.52. The van der Waals surface area contributed by atoms with Crippen molar-refractivity contribution in [2.24, 2.45) is 0 Å². The minimum atomic E-state index is 0.298. The molecule has 0 aromatic heterocycles. The summed E-state index contributed by atoms with van der Waals surface area (Å²) in [7, 11) is 0. The lowest BCUT2D eigenvalue weighted by molar-refractivity contribution is 0.466. The third-order valence-electron chi connectivity index (χ3n) is 5.24. The van der Waals surface area contributed by atoms with Gasteiger partial charge in [-0.3, -0.25) is 0 Å². The molecule has 0 bridgehead atoms. The SMILES string of the molecule is Oc1cc2c(cc1-c1c(O)ccc3c1CCCC3)CCCC2. The van der Waals surface area contributed by atoms with Crippen molar-refractivity contribution in [2.45, 2.75) is 51.4 Å². The van der Waals surface area contributed by atoms with Crippen LogP contribution in [0.2, 0.25) is 0 Å². The maximum atomic E-state index is 10.5. The summed E-state index contributed by atoms with van der Waals surface area (Å²) < 4.78 is 0. The van der Waals surface area contributed by atoms with Gasteiger partial charge in [0.1, 0.15) is 11.5 Å². The zero-order valence-corrected chi connectivity index (χ0v) is 12.9. The topological polar surface area (TPSA) is 40.5 Å². The van der Waals surface area contributed by atoms with Gasteiger partial charge in [-0.2, -0.15) is 0 Å². The fourth-order valence-electron chi connectivity index (χ4n) is 4.09. The summed E-state index contributed by atoms with van der Waals surface area (Å²) >= 11 is 0.